The van der Waals surface area contributed by atoms with E-state index in [0.29, 0.717) is 17.1 Å². The van der Waals surface area contributed by atoms with E-state index in [-0.39, 0.29) is 6.61 Å². The van der Waals surface area contributed by atoms with Crippen LogP contribution in [0.15, 0.2) is 17.8 Å². The maximum atomic E-state index is 9.22. The Morgan fingerprint density at radius 3 is 2.37 bits per heavy atom. The number of aryl methyl sites for hydroxylation is 2. The summed E-state index contributed by atoms with van der Waals surface area (Å²) in [5.41, 5.74) is 9.61. The number of likely N-dealkylation sites (N-methyl/N-ethyl adjacent to an activating group) is 1. The van der Waals surface area contributed by atoms with Crippen LogP contribution in [0.1, 0.15) is 37.7 Å². The van der Waals surface area contributed by atoms with E-state index < -0.39 is 0 Å². The minimum Gasteiger partial charge on any atom is -0.395 e. The molecule has 0 aliphatic heterocycles. The number of aliphatic hydroxyl groups is 1. The lowest BCUT2D eigenvalue weighted by atomic mass is 10.1. The first-order chi connectivity index (χ1) is 9.01. The molecule has 0 aliphatic rings. The number of rotatable bonds is 4. The predicted molar refractivity (Wildman–Crippen MR) is 79.8 cm³/mol. The minimum atomic E-state index is -0.212. The number of nitrogens with two attached hydrogens (primary N) is 2. The lowest BCUT2D eigenvalue weighted by molar-refractivity contribution is 0.278. The molecule has 0 spiro atoms. The molecule has 0 aromatic carbocycles. The second-order valence-electron chi connectivity index (χ2n) is 3.94. The molecule has 0 unspecified atom stereocenters. The van der Waals surface area contributed by atoms with E-state index in [2.05, 4.69) is 4.98 Å². The fourth-order valence-corrected chi connectivity index (χ4v) is 1.61. The maximum Gasteiger partial charge on any atom is 0.0881 e. The van der Waals surface area contributed by atoms with Crippen LogP contribution in [0.2, 0.25) is 0 Å². The van der Waals surface area contributed by atoms with Gasteiger partial charge in [0, 0.05) is 12.7 Å². The Hall–Kier alpha value is -1.59. The van der Waals surface area contributed by atoms with Crippen molar-refractivity contribution in [3.63, 3.8) is 0 Å². The van der Waals surface area contributed by atoms with Crippen molar-refractivity contribution in [1.29, 1.82) is 0 Å². The van der Waals surface area contributed by atoms with E-state index in [9.17, 15) is 5.11 Å². The van der Waals surface area contributed by atoms with Crippen LogP contribution in [0.4, 0.5) is 0 Å². The van der Waals surface area contributed by atoms with Gasteiger partial charge in [0.2, 0.25) is 0 Å². The molecule has 0 atom stereocenters. The van der Waals surface area contributed by atoms with Crippen LogP contribution in [-0.4, -0.2) is 28.8 Å². The Labute approximate surface area is 115 Å². The molecule has 5 N–H and O–H groups in total. The molecule has 0 saturated carbocycles. The highest BCUT2D eigenvalue weighted by Crippen LogP contribution is 2.15. The molecule has 0 aliphatic carbocycles. The molecule has 19 heavy (non-hydrogen) atoms. The number of hydrazine groups is 1. The van der Waals surface area contributed by atoms with Gasteiger partial charge >= 0.3 is 0 Å². The van der Waals surface area contributed by atoms with Crippen molar-refractivity contribution in [2.24, 2.45) is 11.6 Å². The molecule has 5 nitrogen and oxygen atoms in total. The van der Waals surface area contributed by atoms with E-state index in [0.717, 1.165) is 17.7 Å². The molecule has 0 amide bonds. The number of hydrogen-bond acceptors (Lipinski definition) is 5. The molecule has 1 aromatic heterocycles. The van der Waals surface area contributed by atoms with Gasteiger partial charge in [-0.1, -0.05) is 26.8 Å². The summed E-state index contributed by atoms with van der Waals surface area (Å²) in [7, 11) is 1.63. The molecule has 0 radical (unpaired) electrons. The Bertz CT molecular complexity index is 427. The number of hydrogen-bond donors (Lipinski definition) is 3. The summed E-state index contributed by atoms with van der Waals surface area (Å²) in [6, 6.07) is 3.81. The first-order valence-electron chi connectivity index (χ1n) is 6.56. The average Bonchev–Trinajstić information content (AvgIpc) is 2.41. The zero-order chi connectivity index (χ0) is 15.0. The molecule has 0 fully saturated rings. The highest BCUT2D eigenvalue weighted by atomic mass is 16.3. The summed E-state index contributed by atoms with van der Waals surface area (Å²) >= 11 is 0. The molecule has 0 saturated heterocycles. The third-order valence-corrected chi connectivity index (χ3v) is 2.70. The number of aromatic nitrogens is 1. The van der Waals surface area contributed by atoms with Crippen LogP contribution < -0.4 is 11.6 Å². The van der Waals surface area contributed by atoms with Gasteiger partial charge in [0.05, 0.1) is 23.7 Å². The summed E-state index contributed by atoms with van der Waals surface area (Å²) in [5, 5.41) is 10.5. The zero-order valence-electron chi connectivity index (χ0n) is 12.6. The summed E-state index contributed by atoms with van der Waals surface area (Å²) < 4.78 is 0. The second kappa shape index (κ2) is 8.50. The van der Waals surface area contributed by atoms with Gasteiger partial charge in [0.25, 0.3) is 0 Å². The lowest BCUT2D eigenvalue weighted by Crippen LogP contribution is -2.29. The van der Waals surface area contributed by atoms with Gasteiger partial charge in [0.1, 0.15) is 0 Å². The predicted octanol–water partition coefficient (Wildman–Crippen LogP) is 1.40. The van der Waals surface area contributed by atoms with Gasteiger partial charge in [-0.25, -0.2) is 5.84 Å². The minimum absolute atomic E-state index is 0.212. The molecule has 5 heteroatoms. The summed E-state index contributed by atoms with van der Waals surface area (Å²) in [5.74, 6) is 5.59. The van der Waals surface area contributed by atoms with Crippen molar-refractivity contribution in [3.05, 3.63) is 34.8 Å². The van der Waals surface area contributed by atoms with Gasteiger partial charge in [-0.2, -0.15) is 0 Å². The maximum absolute atomic E-state index is 9.22. The second-order valence-corrected chi connectivity index (χ2v) is 3.94. The highest BCUT2D eigenvalue weighted by molar-refractivity contribution is 5.63. The Morgan fingerprint density at radius 2 is 1.95 bits per heavy atom. The molecule has 1 heterocycles. The Balaban J connectivity index is 0.00000154. The van der Waals surface area contributed by atoms with Crippen LogP contribution in [-0.2, 0) is 6.42 Å². The SMILES string of the molecule is CC.CCc1nc(/C(N)=C(\CO)N(C)N)ccc1C. The zero-order valence-corrected chi connectivity index (χ0v) is 12.6. The Kier molecular flexibility index (Phi) is 7.79. The number of aliphatic hydroxyl groups excluding tert-OH is 1. The smallest absolute Gasteiger partial charge is 0.0881 e. The van der Waals surface area contributed by atoms with E-state index in [4.69, 9.17) is 11.6 Å². The van der Waals surface area contributed by atoms with Crippen molar-refractivity contribution >= 4 is 5.70 Å². The van der Waals surface area contributed by atoms with E-state index >= 15 is 0 Å². The van der Waals surface area contributed by atoms with Crippen molar-refractivity contribution in [2.45, 2.75) is 34.1 Å². The third kappa shape index (κ3) is 4.54. The van der Waals surface area contributed by atoms with Crippen LogP contribution in [0.5, 0.6) is 0 Å². The summed E-state index contributed by atoms with van der Waals surface area (Å²) in [6.07, 6.45) is 0.847. The van der Waals surface area contributed by atoms with E-state index in [1.807, 2.05) is 39.8 Å². The fraction of sp³-hybridized carbons (Fsp3) is 0.500. The first-order valence-corrected chi connectivity index (χ1v) is 6.56. The standard InChI is InChI=1S/C12H20N4O.C2H6/c1-4-9-8(2)5-6-10(15-9)12(13)11(7-17)16(3)14;1-2/h5-6,17H,4,7,13-14H2,1-3H3;1-2H3/b12-11-;. The van der Waals surface area contributed by atoms with Crippen LogP contribution in [0.3, 0.4) is 0 Å². The molecule has 1 rings (SSSR count). The number of nitrogens with zero attached hydrogens (tertiary/aromatic N) is 2. The molecule has 0 bridgehead atoms. The van der Waals surface area contributed by atoms with E-state index in [1.54, 1.807) is 7.05 Å². The van der Waals surface area contributed by atoms with Crippen LogP contribution in [0.25, 0.3) is 5.70 Å². The van der Waals surface area contributed by atoms with Gasteiger partial charge in [-0.15, -0.1) is 0 Å². The van der Waals surface area contributed by atoms with Gasteiger partial charge in [-0.3, -0.25) is 4.98 Å². The summed E-state index contributed by atoms with van der Waals surface area (Å²) in [4.78, 5) is 4.47. The van der Waals surface area contributed by atoms with Crippen molar-refractivity contribution in [2.75, 3.05) is 13.7 Å². The topological polar surface area (TPSA) is 88.4 Å². The Morgan fingerprint density at radius 1 is 1.37 bits per heavy atom. The van der Waals surface area contributed by atoms with Gasteiger partial charge < -0.3 is 15.8 Å². The normalized spacial score (nSPS) is 11.3. The lowest BCUT2D eigenvalue weighted by Gasteiger charge is -2.17. The quantitative estimate of drug-likeness (QED) is 0.566. The summed E-state index contributed by atoms with van der Waals surface area (Å²) in [6.45, 7) is 7.84. The third-order valence-electron chi connectivity index (χ3n) is 2.70. The van der Waals surface area contributed by atoms with Gasteiger partial charge in [0.15, 0.2) is 0 Å². The van der Waals surface area contributed by atoms with Gasteiger partial charge in [-0.05, 0) is 25.0 Å². The molecular weight excluding hydrogens is 240 g/mol. The molecule has 108 valence electrons. The molecular formula is C14H26N4O. The molecule has 1 aromatic rings. The fourth-order valence-electron chi connectivity index (χ4n) is 1.61. The number of pyridine rings is 1. The average molecular weight is 266 g/mol. The van der Waals surface area contributed by atoms with E-state index in [1.165, 1.54) is 5.01 Å². The van der Waals surface area contributed by atoms with Crippen molar-refractivity contribution < 1.29 is 5.11 Å². The van der Waals surface area contributed by atoms with Crippen LogP contribution in [0, 0.1) is 6.92 Å². The van der Waals surface area contributed by atoms with Crippen molar-refractivity contribution in [1.82, 2.24) is 9.99 Å². The van der Waals surface area contributed by atoms with Crippen LogP contribution >= 0.6 is 0 Å². The first kappa shape index (κ1) is 17.4. The van der Waals surface area contributed by atoms with Crippen molar-refractivity contribution in [3.8, 4) is 0 Å². The largest absolute Gasteiger partial charge is 0.395 e. The monoisotopic (exact) mass is 266 g/mol. The highest BCUT2D eigenvalue weighted by Gasteiger charge is 2.10.